The van der Waals surface area contributed by atoms with Crippen LogP contribution in [0.15, 0.2) is 36.4 Å². The molecule has 0 radical (unpaired) electrons. The molecule has 1 fully saturated rings. The fraction of sp³-hybridized carbons (Fsp3) is 0.364. The van der Waals surface area contributed by atoms with Gasteiger partial charge in [-0.1, -0.05) is 12.1 Å². The van der Waals surface area contributed by atoms with Crippen molar-refractivity contribution >= 4 is 21.6 Å². The number of aryl methyl sites for hydroxylation is 1. The summed E-state index contributed by atoms with van der Waals surface area (Å²) in [5, 5.41) is 8.95. The van der Waals surface area contributed by atoms with E-state index in [4.69, 9.17) is 5.26 Å². The largest absolute Gasteiger partial charge is 0.417 e. The highest BCUT2D eigenvalue weighted by atomic mass is 32.2. The summed E-state index contributed by atoms with van der Waals surface area (Å²) in [6.07, 6.45) is -2.62. The molecule has 0 aliphatic carbocycles. The third kappa shape index (κ3) is 5.40. The Bertz CT molecular complexity index is 1180. The van der Waals surface area contributed by atoms with Gasteiger partial charge in [-0.2, -0.15) is 18.4 Å². The highest BCUT2D eigenvalue weighted by molar-refractivity contribution is 7.92. The van der Waals surface area contributed by atoms with Crippen LogP contribution in [0.25, 0.3) is 0 Å². The van der Waals surface area contributed by atoms with Gasteiger partial charge < -0.3 is 4.90 Å². The van der Waals surface area contributed by atoms with Crippen LogP contribution in [0, 0.1) is 18.3 Å². The van der Waals surface area contributed by atoms with Crippen molar-refractivity contribution in [3.63, 3.8) is 0 Å². The zero-order valence-corrected chi connectivity index (χ0v) is 18.3. The van der Waals surface area contributed by atoms with Gasteiger partial charge in [-0.05, 0) is 61.1 Å². The minimum atomic E-state index is -4.61. The number of carbonyl (C=O) groups excluding carboxylic acids is 1. The molecule has 10 heteroatoms. The molecule has 2 aromatic carbocycles. The Morgan fingerprint density at radius 3 is 2.38 bits per heavy atom. The number of rotatable bonds is 4. The Morgan fingerprint density at radius 2 is 1.81 bits per heavy atom. The second-order valence-corrected chi connectivity index (χ2v) is 9.63. The number of alkyl halides is 3. The first kappa shape index (κ1) is 23.6. The number of nitrogens with one attached hydrogen (secondary N) is 1. The van der Waals surface area contributed by atoms with Crippen LogP contribution in [0.2, 0.25) is 0 Å². The lowest BCUT2D eigenvalue weighted by Gasteiger charge is -2.32. The molecule has 170 valence electrons. The van der Waals surface area contributed by atoms with E-state index in [1.807, 2.05) is 0 Å². The quantitative estimate of drug-likeness (QED) is 0.730. The molecular formula is C22H22F3N3O3S. The lowest BCUT2D eigenvalue weighted by Crippen LogP contribution is -2.38. The summed E-state index contributed by atoms with van der Waals surface area (Å²) in [4.78, 5) is 14.5. The third-order valence-corrected chi connectivity index (χ3v) is 6.09. The van der Waals surface area contributed by atoms with Crippen molar-refractivity contribution in [2.45, 2.75) is 31.9 Å². The number of benzene rings is 2. The fourth-order valence-corrected chi connectivity index (χ4v) is 4.43. The number of halogens is 3. The molecule has 1 heterocycles. The molecule has 0 atom stereocenters. The lowest BCUT2D eigenvalue weighted by molar-refractivity contribution is -0.137. The minimum absolute atomic E-state index is 0.159. The summed E-state index contributed by atoms with van der Waals surface area (Å²) in [5.41, 5.74) is 0.474. The maximum atomic E-state index is 13.3. The molecule has 0 spiro atoms. The SMILES string of the molecule is Cc1ccc(C(=O)N2CCC(c3ccc(C#N)c(C(F)(F)F)c3)CC2)cc1NS(C)(=O)=O. The molecule has 6 nitrogen and oxygen atoms in total. The average molecular weight is 465 g/mol. The van der Waals surface area contributed by atoms with Gasteiger partial charge >= 0.3 is 6.18 Å². The molecule has 0 bridgehead atoms. The van der Waals surface area contributed by atoms with E-state index in [9.17, 15) is 26.4 Å². The Balaban J connectivity index is 1.73. The second kappa shape index (κ2) is 8.82. The van der Waals surface area contributed by atoms with Gasteiger partial charge in [0.15, 0.2) is 0 Å². The van der Waals surface area contributed by atoms with Crippen LogP contribution in [0.3, 0.4) is 0 Å². The predicted octanol–water partition coefficient (Wildman–Crippen LogP) is 4.28. The number of likely N-dealkylation sites (tertiary alicyclic amines) is 1. The number of carbonyl (C=O) groups is 1. The number of hydrogen-bond acceptors (Lipinski definition) is 4. The van der Waals surface area contributed by atoms with E-state index in [1.165, 1.54) is 12.1 Å². The fourth-order valence-electron chi connectivity index (χ4n) is 3.81. The number of anilines is 1. The molecule has 3 rings (SSSR count). The second-order valence-electron chi connectivity index (χ2n) is 7.88. The number of nitrogens with zero attached hydrogens (tertiary/aromatic N) is 2. The van der Waals surface area contributed by atoms with Gasteiger partial charge in [-0.3, -0.25) is 9.52 Å². The van der Waals surface area contributed by atoms with Gasteiger partial charge in [0.25, 0.3) is 5.91 Å². The van der Waals surface area contributed by atoms with Crippen molar-refractivity contribution in [3.8, 4) is 6.07 Å². The van der Waals surface area contributed by atoms with E-state index in [2.05, 4.69) is 4.72 Å². The van der Waals surface area contributed by atoms with Crippen LogP contribution >= 0.6 is 0 Å². The highest BCUT2D eigenvalue weighted by Gasteiger charge is 2.35. The number of piperidine rings is 1. The first-order valence-corrected chi connectivity index (χ1v) is 11.8. The Morgan fingerprint density at radius 1 is 1.16 bits per heavy atom. The molecule has 0 aromatic heterocycles. The van der Waals surface area contributed by atoms with Gasteiger partial charge in [0.05, 0.1) is 29.1 Å². The molecule has 1 amide bonds. The number of nitriles is 1. The maximum absolute atomic E-state index is 13.3. The zero-order chi connectivity index (χ0) is 23.7. The Hall–Kier alpha value is -3.06. The van der Waals surface area contributed by atoms with E-state index in [1.54, 1.807) is 36.1 Å². The van der Waals surface area contributed by atoms with E-state index < -0.39 is 27.3 Å². The number of amides is 1. The molecule has 32 heavy (non-hydrogen) atoms. The molecule has 1 saturated heterocycles. The van der Waals surface area contributed by atoms with Crippen molar-refractivity contribution in [2.24, 2.45) is 0 Å². The molecule has 1 aliphatic heterocycles. The summed E-state index contributed by atoms with van der Waals surface area (Å²) in [7, 11) is -3.50. The third-order valence-electron chi connectivity index (χ3n) is 5.50. The van der Waals surface area contributed by atoms with E-state index >= 15 is 0 Å². The molecule has 2 aromatic rings. The van der Waals surface area contributed by atoms with Crippen molar-refractivity contribution in [1.29, 1.82) is 5.26 Å². The van der Waals surface area contributed by atoms with Crippen LogP contribution in [0.4, 0.5) is 18.9 Å². The summed E-state index contributed by atoms with van der Waals surface area (Å²) in [6.45, 7) is 2.43. The monoisotopic (exact) mass is 465 g/mol. The van der Waals surface area contributed by atoms with Crippen LogP contribution in [0.5, 0.6) is 0 Å². The molecular weight excluding hydrogens is 443 g/mol. The smallest absolute Gasteiger partial charge is 0.339 e. The first-order valence-electron chi connectivity index (χ1n) is 9.88. The maximum Gasteiger partial charge on any atom is 0.417 e. The average Bonchev–Trinajstić information content (AvgIpc) is 2.73. The van der Waals surface area contributed by atoms with E-state index in [0.717, 1.165) is 12.3 Å². The van der Waals surface area contributed by atoms with Crippen LogP contribution in [-0.2, 0) is 16.2 Å². The van der Waals surface area contributed by atoms with Crippen molar-refractivity contribution in [2.75, 3.05) is 24.1 Å². The Labute approximate surface area is 184 Å². The van der Waals surface area contributed by atoms with E-state index in [-0.39, 0.29) is 11.8 Å². The van der Waals surface area contributed by atoms with Crippen molar-refractivity contribution < 1.29 is 26.4 Å². The normalized spacial score (nSPS) is 15.3. The summed E-state index contributed by atoms with van der Waals surface area (Å²) in [6, 6.07) is 10.1. The molecule has 0 saturated carbocycles. The Kier molecular flexibility index (Phi) is 6.51. The first-order chi connectivity index (χ1) is 14.9. The lowest BCUT2D eigenvalue weighted by atomic mass is 9.87. The number of sulfonamides is 1. The molecule has 1 aliphatic rings. The van der Waals surface area contributed by atoms with Gasteiger partial charge in [0.1, 0.15) is 0 Å². The minimum Gasteiger partial charge on any atom is -0.339 e. The van der Waals surface area contributed by atoms with Gasteiger partial charge in [-0.15, -0.1) is 0 Å². The zero-order valence-electron chi connectivity index (χ0n) is 17.5. The van der Waals surface area contributed by atoms with Gasteiger partial charge in [-0.25, -0.2) is 8.42 Å². The van der Waals surface area contributed by atoms with E-state index in [0.29, 0.717) is 48.3 Å². The summed E-state index contributed by atoms with van der Waals surface area (Å²) in [5.74, 6) is -0.427. The van der Waals surface area contributed by atoms with Crippen LogP contribution in [-0.4, -0.2) is 38.6 Å². The molecule has 1 N–H and O–H groups in total. The van der Waals surface area contributed by atoms with Gasteiger partial charge in [0, 0.05) is 18.7 Å². The van der Waals surface area contributed by atoms with Crippen LogP contribution in [0.1, 0.15) is 51.4 Å². The van der Waals surface area contributed by atoms with Crippen molar-refractivity contribution in [3.05, 3.63) is 64.2 Å². The van der Waals surface area contributed by atoms with Crippen molar-refractivity contribution in [1.82, 2.24) is 4.90 Å². The standard InChI is InChI=1S/C22H22F3N3O3S/c1-14-3-4-17(12-20(14)27-32(2,30)31)21(29)28-9-7-15(8-10-28)16-5-6-18(13-26)19(11-16)22(23,24)25/h3-6,11-12,15,27H,7-10H2,1-2H3. The number of hydrogen-bond donors (Lipinski definition) is 1. The van der Waals surface area contributed by atoms with Gasteiger partial charge in [0.2, 0.25) is 10.0 Å². The topological polar surface area (TPSA) is 90.3 Å². The summed E-state index contributed by atoms with van der Waals surface area (Å²) >= 11 is 0. The summed E-state index contributed by atoms with van der Waals surface area (Å²) < 4.78 is 65.2. The van der Waals surface area contributed by atoms with Crippen LogP contribution < -0.4 is 4.72 Å². The predicted molar refractivity (Wildman–Crippen MR) is 114 cm³/mol. The highest BCUT2D eigenvalue weighted by Crippen LogP contribution is 2.36. The molecule has 0 unspecified atom stereocenters.